The summed E-state index contributed by atoms with van der Waals surface area (Å²) in [6, 6.07) is 1.37. The Morgan fingerprint density at radius 1 is 0.857 bits per heavy atom. The van der Waals surface area contributed by atoms with Crippen LogP contribution in [0.15, 0.2) is 16.8 Å². The zero-order valence-electron chi connectivity index (χ0n) is 18.7. The van der Waals surface area contributed by atoms with Crippen molar-refractivity contribution < 1.29 is 58.9 Å². The number of benzene rings is 1. The fraction of sp³-hybridized carbons (Fsp3) is 0.565. The van der Waals surface area contributed by atoms with Crippen LogP contribution >= 0.6 is 0 Å². The molecule has 0 bridgehead atoms. The zero-order chi connectivity index (χ0) is 18.1. The van der Waals surface area contributed by atoms with Gasteiger partial charge in [0.2, 0.25) is 0 Å². The minimum atomic E-state index is -1.71. The van der Waals surface area contributed by atoms with Crippen molar-refractivity contribution in [3.8, 4) is 0 Å². The maximum Gasteiger partial charge on any atom is 4.00 e. The van der Waals surface area contributed by atoms with Crippen molar-refractivity contribution in [1.82, 2.24) is 0 Å². The van der Waals surface area contributed by atoms with E-state index >= 15 is 0 Å². The Hall–Kier alpha value is 0.501. The molecule has 0 fully saturated rings. The maximum absolute atomic E-state index is 3.65. The molecule has 1 aromatic carbocycles. The minimum absolute atomic E-state index is 0. The largest absolute Gasteiger partial charge is 4.00 e. The first kappa shape index (κ1) is 33.1. The molecule has 0 spiro atoms. The molecular formula is C23H35Cl3SiTi. The molecule has 0 aromatic heterocycles. The van der Waals surface area contributed by atoms with Gasteiger partial charge >= 0.3 is 21.7 Å². The van der Waals surface area contributed by atoms with Gasteiger partial charge in [-0.05, 0) is 62.4 Å². The van der Waals surface area contributed by atoms with Crippen LogP contribution in [-0.2, 0) is 21.7 Å². The maximum atomic E-state index is 3.65. The summed E-state index contributed by atoms with van der Waals surface area (Å²) in [6.45, 7) is 18.9. The van der Waals surface area contributed by atoms with Gasteiger partial charge in [0, 0.05) is 8.07 Å². The van der Waals surface area contributed by atoms with E-state index in [2.05, 4.69) is 67.2 Å². The second-order valence-corrected chi connectivity index (χ2v) is 12.0. The SMILES string of the molecule is CCCC[Si](C)(C1=CC[C-]=C1CC)c1c(C)c(C)c(C)c(C)c1C.[Cl-].[Cl-].[Cl-].[Ti+4]. The second kappa shape index (κ2) is 13.7. The van der Waals surface area contributed by atoms with E-state index in [0.29, 0.717) is 0 Å². The molecule has 156 valence electrons. The summed E-state index contributed by atoms with van der Waals surface area (Å²) in [5.41, 5.74) is 9.13. The van der Waals surface area contributed by atoms with Crippen LogP contribution in [0.4, 0.5) is 0 Å². The van der Waals surface area contributed by atoms with E-state index in [9.17, 15) is 0 Å². The van der Waals surface area contributed by atoms with Crippen molar-refractivity contribution in [3.63, 3.8) is 0 Å². The Labute approximate surface area is 208 Å². The van der Waals surface area contributed by atoms with Gasteiger partial charge in [-0.25, -0.2) is 5.57 Å². The molecule has 1 aromatic rings. The van der Waals surface area contributed by atoms with Crippen LogP contribution in [0.1, 0.15) is 67.3 Å². The first-order valence-corrected chi connectivity index (χ1v) is 12.4. The van der Waals surface area contributed by atoms with Gasteiger partial charge in [-0.15, -0.1) is 6.42 Å². The average Bonchev–Trinajstić information content (AvgIpc) is 3.06. The molecule has 1 unspecified atom stereocenters. The van der Waals surface area contributed by atoms with E-state index in [4.69, 9.17) is 0 Å². The van der Waals surface area contributed by atoms with Gasteiger partial charge in [0.25, 0.3) is 0 Å². The van der Waals surface area contributed by atoms with Gasteiger partial charge in [0.15, 0.2) is 0 Å². The Kier molecular flexibility index (Phi) is 16.3. The van der Waals surface area contributed by atoms with E-state index in [0.717, 1.165) is 12.8 Å². The molecule has 0 saturated heterocycles. The average molecular weight is 494 g/mol. The molecule has 0 amide bonds. The van der Waals surface area contributed by atoms with Crippen LogP contribution in [-0.4, -0.2) is 8.07 Å². The smallest absolute Gasteiger partial charge is 1.00 e. The van der Waals surface area contributed by atoms with Crippen LogP contribution in [0, 0.1) is 40.7 Å². The third kappa shape index (κ3) is 6.02. The monoisotopic (exact) mass is 492 g/mol. The molecule has 2 rings (SSSR count). The summed E-state index contributed by atoms with van der Waals surface area (Å²) >= 11 is 0. The van der Waals surface area contributed by atoms with Crippen LogP contribution in [0.2, 0.25) is 12.6 Å². The molecule has 0 heterocycles. The molecule has 0 N–H and O–H groups in total. The number of hydrogen-bond donors (Lipinski definition) is 0. The van der Waals surface area contributed by atoms with Crippen LogP contribution < -0.4 is 42.4 Å². The van der Waals surface area contributed by atoms with E-state index in [1.165, 1.54) is 41.1 Å². The molecule has 0 saturated carbocycles. The summed E-state index contributed by atoms with van der Waals surface area (Å²) in [6.07, 6.45) is 10.9. The molecule has 1 aliphatic rings. The number of unbranched alkanes of at least 4 members (excludes halogenated alkanes) is 1. The topological polar surface area (TPSA) is 0 Å². The quantitative estimate of drug-likeness (QED) is 0.300. The minimum Gasteiger partial charge on any atom is -1.00 e. The Morgan fingerprint density at radius 3 is 1.75 bits per heavy atom. The third-order valence-corrected chi connectivity index (χ3v) is 11.4. The van der Waals surface area contributed by atoms with Crippen molar-refractivity contribution in [1.29, 1.82) is 0 Å². The normalized spacial score (nSPS) is 14.4. The first-order valence-electron chi connectivity index (χ1n) is 9.67. The summed E-state index contributed by atoms with van der Waals surface area (Å²) in [5, 5.41) is 3.41. The van der Waals surface area contributed by atoms with E-state index in [1.54, 1.807) is 21.5 Å². The third-order valence-electron chi connectivity index (χ3n) is 6.48. The van der Waals surface area contributed by atoms with E-state index in [-0.39, 0.29) is 58.9 Å². The van der Waals surface area contributed by atoms with Gasteiger partial charge in [0.1, 0.15) is 0 Å². The molecule has 0 radical (unpaired) electrons. The number of halogens is 3. The van der Waals surface area contributed by atoms with Gasteiger partial charge in [-0.3, -0.25) is 6.08 Å². The predicted octanol–water partition coefficient (Wildman–Crippen LogP) is -2.67. The molecular weight excluding hydrogens is 459 g/mol. The number of allylic oxidation sites excluding steroid dienone is 4. The van der Waals surface area contributed by atoms with Crippen molar-refractivity contribution in [3.05, 3.63) is 50.7 Å². The van der Waals surface area contributed by atoms with E-state index in [1.807, 2.05) is 0 Å². The molecule has 1 aliphatic carbocycles. The molecule has 28 heavy (non-hydrogen) atoms. The molecule has 1 atom stereocenters. The predicted molar refractivity (Wildman–Crippen MR) is 111 cm³/mol. The second-order valence-electron chi connectivity index (χ2n) is 7.77. The Morgan fingerprint density at radius 2 is 1.32 bits per heavy atom. The summed E-state index contributed by atoms with van der Waals surface area (Å²) in [4.78, 5) is 0. The van der Waals surface area contributed by atoms with Crippen molar-refractivity contribution in [2.75, 3.05) is 0 Å². The first-order chi connectivity index (χ1) is 11.3. The van der Waals surface area contributed by atoms with Gasteiger partial charge in [-0.1, -0.05) is 50.9 Å². The summed E-state index contributed by atoms with van der Waals surface area (Å²) in [7, 11) is -1.71. The van der Waals surface area contributed by atoms with Crippen LogP contribution in [0.25, 0.3) is 0 Å². The van der Waals surface area contributed by atoms with Crippen molar-refractivity contribution >= 4 is 13.3 Å². The Balaban J connectivity index is -0.00000156. The molecule has 0 nitrogen and oxygen atoms in total. The van der Waals surface area contributed by atoms with Gasteiger partial charge < -0.3 is 37.2 Å². The zero-order valence-corrected chi connectivity index (χ0v) is 23.6. The van der Waals surface area contributed by atoms with Crippen LogP contribution in [0.3, 0.4) is 0 Å². The fourth-order valence-electron chi connectivity index (χ4n) is 4.62. The molecule has 5 heteroatoms. The van der Waals surface area contributed by atoms with E-state index < -0.39 is 8.07 Å². The summed E-state index contributed by atoms with van der Waals surface area (Å²) < 4.78 is 0. The van der Waals surface area contributed by atoms with Crippen molar-refractivity contribution in [2.45, 2.75) is 86.7 Å². The standard InChI is InChI=1S/C23H35Si.3ClH.Ti/c1-9-11-15-24(8,22-14-12-13-21(22)10-2)23-19(6)17(4)16(3)18(5)20(23)7;;;;/h14H,9-12,15H2,1-8H3;3*1H;/q-1;;;;+4/p-3. The Bertz CT molecular complexity index is 681. The van der Waals surface area contributed by atoms with Crippen LogP contribution in [0.5, 0.6) is 0 Å². The van der Waals surface area contributed by atoms with Gasteiger partial charge in [-0.2, -0.15) is 11.3 Å². The fourth-order valence-corrected chi connectivity index (χ4v) is 9.98. The molecule has 0 aliphatic heterocycles. The van der Waals surface area contributed by atoms with Crippen molar-refractivity contribution in [2.24, 2.45) is 0 Å². The number of rotatable bonds is 6. The summed E-state index contributed by atoms with van der Waals surface area (Å²) in [5.74, 6) is 0. The number of hydrogen-bond acceptors (Lipinski definition) is 0. The van der Waals surface area contributed by atoms with Gasteiger partial charge in [0.05, 0.1) is 0 Å².